The zero-order chi connectivity index (χ0) is 14.5. The normalized spacial score (nSPS) is 15.2. The van der Waals surface area contributed by atoms with Gasteiger partial charge < -0.3 is 4.74 Å². The van der Waals surface area contributed by atoms with E-state index in [9.17, 15) is 4.79 Å². The summed E-state index contributed by atoms with van der Waals surface area (Å²) < 4.78 is 5.74. The molecule has 1 aliphatic heterocycles. The van der Waals surface area contributed by atoms with Crippen molar-refractivity contribution in [3.05, 3.63) is 52.2 Å². The molecule has 3 rings (SSSR count). The van der Waals surface area contributed by atoms with Crippen molar-refractivity contribution in [3.8, 4) is 5.75 Å². The molecule has 0 N–H and O–H groups in total. The molecule has 4 heteroatoms. The van der Waals surface area contributed by atoms with Crippen LogP contribution in [0.4, 0.5) is 0 Å². The molecule has 3 nitrogen and oxygen atoms in total. The number of carbonyl (C=O) groups excluding carboxylic acids is 1. The van der Waals surface area contributed by atoms with Crippen LogP contribution in [0.3, 0.4) is 0 Å². The fourth-order valence-electron chi connectivity index (χ4n) is 2.56. The lowest BCUT2D eigenvalue weighted by Gasteiger charge is -2.14. The highest BCUT2D eigenvalue weighted by molar-refractivity contribution is 7.08. The van der Waals surface area contributed by atoms with E-state index < -0.39 is 0 Å². The quantitative estimate of drug-likeness (QED) is 0.765. The maximum Gasteiger partial charge on any atom is 0.193 e. The molecule has 1 aromatic heterocycles. The molecule has 1 aliphatic rings. The van der Waals surface area contributed by atoms with Crippen LogP contribution in [0.2, 0.25) is 0 Å². The summed E-state index contributed by atoms with van der Waals surface area (Å²) in [4.78, 5) is 14.6. The van der Waals surface area contributed by atoms with Gasteiger partial charge in [0.2, 0.25) is 0 Å². The standard InChI is InChI=1S/C17H19NO2S/c19-17(15-7-12-21-13-15)14-3-5-16(6-4-14)20-11-10-18-8-1-2-9-18/h3-7,12-13H,1-2,8-11H2. The van der Waals surface area contributed by atoms with Crippen molar-refractivity contribution >= 4 is 17.1 Å². The van der Waals surface area contributed by atoms with E-state index in [0.29, 0.717) is 12.2 Å². The van der Waals surface area contributed by atoms with Crippen LogP contribution >= 0.6 is 11.3 Å². The summed E-state index contributed by atoms with van der Waals surface area (Å²) in [5.74, 6) is 0.899. The molecule has 2 heterocycles. The first kappa shape index (κ1) is 14.3. The molecule has 0 amide bonds. The van der Waals surface area contributed by atoms with Gasteiger partial charge in [-0.3, -0.25) is 9.69 Å². The van der Waals surface area contributed by atoms with Crippen LogP contribution < -0.4 is 4.74 Å². The van der Waals surface area contributed by atoms with Crippen LogP contribution in [-0.4, -0.2) is 36.9 Å². The summed E-state index contributed by atoms with van der Waals surface area (Å²) in [5.41, 5.74) is 1.46. The Balaban J connectivity index is 1.53. The molecule has 1 aromatic carbocycles. The van der Waals surface area contributed by atoms with Crippen molar-refractivity contribution in [1.82, 2.24) is 4.90 Å². The SMILES string of the molecule is O=C(c1ccc(OCCN2CCCC2)cc1)c1ccsc1. The number of benzene rings is 1. The van der Waals surface area contributed by atoms with E-state index in [1.807, 2.05) is 41.1 Å². The van der Waals surface area contributed by atoms with Gasteiger partial charge in [0, 0.05) is 23.1 Å². The van der Waals surface area contributed by atoms with Gasteiger partial charge in [0.05, 0.1) is 0 Å². The van der Waals surface area contributed by atoms with Crippen molar-refractivity contribution in [3.63, 3.8) is 0 Å². The summed E-state index contributed by atoms with van der Waals surface area (Å²) in [5, 5.41) is 3.80. The van der Waals surface area contributed by atoms with Gasteiger partial charge in [-0.25, -0.2) is 0 Å². The number of ether oxygens (including phenoxy) is 1. The molecule has 0 atom stereocenters. The minimum Gasteiger partial charge on any atom is -0.492 e. The number of rotatable bonds is 6. The summed E-state index contributed by atoms with van der Waals surface area (Å²) in [7, 11) is 0. The van der Waals surface area contributed by atoms with Crippen molar-refractivity contribution in [1.29, 1.82) is 0 Å². The number of hydrogen-bond acceptors (Lipinski definition) is 4. The maximum atomic E-state index is 12.2. The van der Waals surface area contributed by atoms with Gasteiger partial charge in [-0.2, -0.15) is 11.3 Å². The first-order valence-corrected chi connectivity index (χ1v) is 8.29. The highest BCUT2D eigenvalue weighted by atomic mass is 32.1. The van der Waals surface area contributed by atoms with Gasteiger partial charge in [0.1, 0.15) is 12.4 Å². The number of likely N-dealkylation sites (tertiary alicyclic amines) is 1. The Hall–Kier alpha value is -1.65. The van der Waals surface area contributed by atoms with Crippen molar-refractivity contribution < 1.29 is 9.53 Å². The number of nitrogens with zero attached hydrogens (tertiary/aromatic N) is 1. The average molecular weight is 301 g/mol. The van der Waals surface area contributed by atoms with Gasteiger partial charge in [-0.05, 0) is 61.6 Å². The van der Waals surface area contributed by atoms with E-state index in [1.54, 1.807) is 0 Å². The molecular formula is C17H19NO2S. The third kappa shape index (κ3) is 3.71. The minimum absolute atomic E-state index is 0.0693. The van der Waals surface area contributed by atoms with Crippen LogP contribution in [-0.2, 0) is 0 Å². The molecule has 1 fully saturated rings. The second-order valence-electron chi connectivity index (χ2n) is 5.26. The first-order valence-electron chi connectivity index (χ1n) is 7.35. The Kier molecular flexibility index (Phi) is 4.68. The molecular weight excluding hydrogens is 282 g/mol. The molecule has 1 saturated heterocycles. The van der Waals surface area contributed by atoms with Gasteiger partial charge in [0.25, 0.3) is 0 Å². The molecule has 0 bridgehead atoms. The lowest BCUT2D eigenvalue weighted by atomic mass is 10.1. The highest BCUT2D eigenvalue weighted by Gasteiger charge is 2.11. The van der Waals surface area contributed by atoms with Crippen molar-refractivity contribution in [2.24, 2.45) is 0 Å². The van der Waals surface area contributed by atoms with E-state index in [1.165, 1.54) is 37.3 Å². The van der Waals surface area contributed by atoms with Gasteiger partial charge in [-0.15, -0.1) is 0 Å². The molecule has 0 saturated carbocycles. The summed E-state index contributed by atoms with van der Waals surface area (Å²) in [6.45, 7) is 4.07. The Morgan fingerprint density at radius 3 is 2.52 bits per heavy atom. The van der Waals surface area contributed by atoms with Crippen LogP contribution in [0.25, 0.3) is 0 Å². The van der Waals surface area contributed by atoms with Crippen molar-refractivity contribution in [2.45, 2.75) is 12.8 Å². The second kappa shape index (κ2) is 6.87. The number of ketones is 1. The molecule has 0 aliphatic carbocycles. The second-order valence-corrected chi connectivity index (χ2v) is 6.04. The van der Waals surface area contributed by atoms with E-state index in [2.05, 4.69) is 4.90 Å². The summed E-state index contributed by atoms with van der Waals surface area (Å²) in [6, 6.07) is 9.29. The van der Waals surface area contributed by atoms with Crippen LogP contribution in [0.15, 0.2) is 41.1 Å². The molecule has 2 aromatic rings. The Bertz CT molecular complexity index is 571. The topological polar surface area (TPSA) is 29.5 Å². The largest absolute Gasteiger partial charge is 0.492 e. The molecule has 0 radical (unpaired) electrons. The van der Waals surface area contributed by atoms with Crippen molar-refractivity contribution in [2.75, 3.05) is 26.2 Å². The summed E-state index contributed by atoms with van der Waals surface area (Å²) >= 11 is 1.54. The first-order chi connectivity index (χ1) is 10.3. The van der Waals surface area contributed by atoms with Crippen LogP contribution in [0, 0.1) is 0 Å². The predicted molar refractivity (Wildman–Crippen MR) is 85.4 cm³/mol. The zero-order valence-corrected chi connectivity index (χ0v) is 12.8. The van der Waals surface area contributed by atoms with E-state index in [-0.39, 0.29) is 5.78 Å². The van der Waals surface area contributed by atoms with E-state index in [0.717, 1.165) is 17.9 Å². The van der Waals surface area contributed by atoms with Crippen LogP contribution in [0.1, 0.15) is 28.8 Å². The zero-order valence-electron chi connectivity index (χ0n) is 12.0. The third-order valence-electron chi connectivity index (χ3n) is 3.77. The third-order valence-corrected chi connectivity index (χ3v) is 4.46. The summed E-state index contributed by atoms with van der Waals surface area (Å²) in [6.07, 6.45) is 2.61. The van der Waals surface area contributed by atoms with Gasteiger partial charge in [0.15, 0.2) is 5.78 Å². The lowest BCUT2D eigenvalue weighted by molar-refractivity contribution is 0.103. The van der Waals surface area contributed by atoms with Gasteiger partial charge in [-0.1, -0.05) is 0 Å². The average Bonchev–Trinajstić information content (AvgIpc) is 3.21. The minimum atomic E-state index is 0.0693. The number of hydrogen-bond donors (Lipinski definition) is 0. The molecule has 110 valence electrons. The highest BCUT2D eigenvalue weighted by Crippen LogP contribution is 2.17. The predicted octanol–water partition coefficient (Wildman–Crippen LogP) is 3.45. The Morgan fingerprint density at radius 1 is 1.10 bits per heavy atom. The van der Waals surface area contributed by atoms with E-state index >= 15 is 0 Å². The number of thiophene rings is 1. The maximum absolute atomic E-state index is 12.2. The fraction of sp³-hybridized carbons (Fsp3) is 0.353. The monoisotopic (exact) mass is 301 g/mol. The molecule has 21 heavy (non-hydrogen) atoms. The Labute approximate surface area is 129 Å². The smallest absolute Gasteiger partial charge is 0.193 e. The number of carbonyl (C=O) groups is 1. The molecule has 0 unspecified atom stereocenters. The van der Waals surface area contributed by atoms with E-state index in [4.69, 9.17) is 4.74 Å². The van der Waals surface area contributed by atoms with Crippen LogP contribution in [0.5, 0.6) is 5.75 Å². The molecule has 0 spiro atoms. The van der Waals surface area contributed by atoms with Gasteiger partial charge >= 0.3 is 0 Å². The Morgan fingerprint density at radius 2 is 1.86 bits per heavy atom. The fourth-order valence-corrected chi connectivity index (χ4v) is 3.20. The lowest BCUT2D eigenvalue weighted by Crippen LogP contribution is -2.25.